The SMILES string of the molecule is COC(=O)C(CSC)NC(=O)c1cc(-c2cc(C(=O)NC(CSC)C(=O)OC)c3ccccc3n2)nc2ccccc12. The fourth-order valence-corrected chi connectivity index (χ4v) is 5.52. The maximum atomic E-state index is 13.5. The molecule has 42 heavy (non-hydrogen) atoms. The first kappa shape index (κ1) is 30.8. The van der Waals surface area contributed by atoms with E-state index >= 15 is 0 Å². The average Bonchev–Trinajstić information content (AvgIpc) is 3.02. The average molecular weight is 607 g/mol. The van der Waals surface area contributed by atoms with Gasteiger partial charge in [-0.05, 0) is 36.8 Å². The Morgan fingerprint density at radius 2 is 1.07 bits per heavy atom. The smallest absolute Gasteiger partial charge is 0.329 e. The van der Waals surface area contributed by atoms with Crippen molar-refractivity contribution in [2.24, 2.45) is 0 Å². The predicted octanol–water partition coefficient (Wildman–Crippen LogP) is 3.72. The van der Waals surface area contributed by atoms with Gasteiger partial charge in [0.05, 0.1) is 47.8 Å². The van der Waals surface area contributed by atoms with Crippen LogP contribution in [0.15, 0.2) is 60.7 Å². The van der Waals surface area contributed by atoms with Crippen LogP contribution in [0.3, 0.4) is 0 Å². The van der Waals surface area contributed by atoms with E-state index in [0.717, 1.165) is 0 Å². The van der Waals surface area contributed by atoms with Gasteiger partial charge in [0.15, 0.2) is 0 Å². The van der Waals surface area contributed by atoms with Gasteiger partial charge in [0, 0.05) is 22.3 Å². The number of nitrogens with zero attached hydrogens (tertiary/aromatic N) is 2. The molecule has 2 amide bonds. The number of para-hydroxylation sites is 2. The fourth-order valence-electron chi connectivity index (χ4n) is 4.42. The molecule has 4 rings (SSSR count). The summed E-state index contributed by atoms with van der Waals surface area (Å²) in [6.07, 6.45) is 3.66. The lowest BCUT2D eigenvalue weighted by atomic mass is 10.0. The number of carbonyl (C=O) groups excluding carboxylic acids is 4. The number of hydrogen-bond donors (Lipinski definition) is 2. The first-order valence-electron chi connectivity index (χ1n) is 12.9. The predicted molar refractivity (Wildman–Crippen MR) is 166 cm³/mol. The molecule has 0 aliphatic carbocycles. The standard InChI is InChI=1S/C30H30N4O6S2/c1-39-29(37)25(15-41-3)33-27(35)19-13-23(31-21-11-7-5-9-17(19)21)24-14-20(18-10-6-8-12-22(18)32-24)28(36)34-26(16-42-4)30(38)40-2/h5-14,25-26H,15-16H2,1-4H3,(H,33,35)(H,34,36). The molecule has 2 aromatic carbocycles. The van der Waals surface area contributed by atoms with Crippen LogP contribution >= 0.6 is 23.5 Å². The first-order chi connectivity index (χ1) is 20.3. The molecule has 218 valence electrons. The molecule has 0 saturated heterocycles. The van der Waals surface area contributed by atoms with E-state index < -0.39 is 35.8 Å². The van der Waals surface area contributed by atoms with Crippen molar-refractivity contribution in [2.75, 3.05) is 38.2 Å². The summed E-state index contributed by atoms with van der Waals surface area (Å²) in [4.78, 5) is 61.1. The quantitative estimate of drug-likeness (QED) is 0.243. The highest BCUT2D eigenvalue weighted by molar-refractivity contribution is 7.98. The lowest BCUT2D eigenvalue weighted by Gasteiger charge is -2.17. The molecule has 2 unspecified atom stereocenters. The van der Waals surface area contributed by atoms with E-state index in [4.69, 9.17) is 19.4 Å². The molecule has 0 spiro atoms. The number of nitrogens with one attached hydrogen (secondary N) is 2. The topological polar surface area (TPSA) is 137 Å². The van der Waals surface area contributed by atoms with E-state index in [1.165, 1.54) is 37.7 Å². The third-order valence-corrected chi connectivity index (χ3v) is 7.77. The maximum absolute atomic E-state index is 13.5. The minimum atomic E-state index is -0.842. The Morgan fingerprint density at radius 1 is 0.690 bits per heavy atom. The van der Waals surface area contributed by atoms with Gasteiger partial charge in [-0.3, -0.25) is 9.59 Å². The van der Waals surface area contributed by atoms with Crippen LogP contribution in [-0.4, -0.2) is 84.0 Å². The van der Waals surface area contributed by atoms with Crippen molar-refractivity contribution in [1.82, 2.24) is 20.6 Å². The minimum Gasteiger partial charge on any atom is -0.467 e. The van der Waals surface area contributed by atoms with Gasteiger partial charge >= 0.3 is 11.9 Å². The van der Waals surface area contributed by atoms with E-state index in [9.17, 15) is 19.2 Å². The van der Waals surface area contributed by atoms with Gasteiger partial charge in [0.25, 0.3) is 11.8 Å². The van der Waals surface area contributed by atoms with Crippen LogP contribution in [0.25, 0.3) is 33.2 Å². The summed E-state index contributed by atoms with van der Waals surface area (Å²) < 4.78 is 9.73. The number of ether oxygens (including phenoxy) is 2. The van der Waals surface area contributed by atoms with Gasteiger partial charge in [-0.1, -0.05) is 36.4 Å². The summed E-state index contributed by atoms with van der Waals surface area (Å²) in [6, 6.07) is 15.8. The number of hydrogen-bond acceptors (Lipinski definition) is 10. The number of amides is 2. The molecule has 0 fully saturated rings. The van der Waals surface area contributed by atoms with Gasteiger partial charge in [0.1, 0.15) is 12.1 Å². The Hall–Kier alpha value is -4.16. The summed E-state index contributed by atoms with van der Waals surface area (Å²) in [5.74, 6) is -1.37. The third kappa shape index (κ3) is 6.82. The van der Waals surface area contributed by atoms with Crippen LogP contribution in [0, 0.1) is 0 Å². The second-order valence-corrected chi connectivity index (χ2v) is 11.0. The number of pyridine rings is 2. The number of fused-ring (bicyclic) bond motifs is 2. The van der Waals surface area contributed by atoms with Crippen molar-refractivity contribution in [1.29, 1.82) is 0 Å². The molecular formula is C30H30N4O6S2. The van der Waals surface area contributed by atoms with Crippen molar-refractivity contribution >= 4 is 69.1 Å². The molecule has 0 aliphatic rings. The molecule has 2 heterocycles. The normalized spacial score (nSPS) is 12.4. The highest BCUT2D eigenvalue weighted by Crippen LogP contribution is 2.28. The number of benzene rings is 2. The highest BCUT2D eigenvalue weighted by Gasteiger charge is 2.25. The molecule has 2 N–H and O–H groups in total. The molecule has 0 saturated carbocycles. The molecular weight excluding hydrogens is 576 g/mol. The molecule has 2 atom stereocenters. The highest BCUT2D eigenvalue weighted by atomic mass is 32.2. The van der Waals surface area contributed by atoms with Gasteiger partial charge < -0.3 is 20.1 Å². The lowest BCUT2D eigenvalue weighted by Crippen LogP contribution is -2.43. The summed E-state index contributed by atoms with van der Waals surface area (Å²) in [5, 5.41) is 6.72. The summed E-state index contributed by atoms with van der Waals surface area (Å²) in [7, 11) is 2.55. The van der Waals surface area contributed by atoms with Gasteiger partial charge in [-0.15, -0.1) is 0 Å². The van der Waals surface area contributed by atoms with Crippen LogP contribution in [0.2, 0.25) is 0 Å². The van der Waals surface area contributed by atoms with Crippen LogP contribution in [-0.2, 0) is 19.1 Å². The summed E-state index contributed by atoms with van der Waals surface area (Å²) in [6.45, 7) is 0. The van der Waals surface area contributed by atoms with Crippen molar-refractivity contribution in [3.63, 3.8) is 0 Å². The van der Waals surface area contributed by atoms with E-state index in [1.54, 1.807) is 60.7 Å². The number of carbonyl (C=O) groups is 4. The zero-order valence-corrected chi connectivity index (χ0v) is 25.1. The van der Waals surface area contributed by atoms with E-state index in [0.29, 0.717) is 44.7 Å². The van der Waals surface area contributed by atoms with Crippen LogP contribution < -0.4 is 10.6 Å². The Bertz CT molecular complexity index is 1530. The van der Waals surface area contributed by atoms with Crippen molar-refractivity contribution < 1.29 is 28.7 Å². The van der Waals surface area contributed by atoms with Crippen molar-refractivity contribution in [3.05, 3.63) is 71.8 Å². The molecule has 12 heteroatoms. The molecule has 0 radical (unpaired) electrons. The monoisotopic (exact) mass is 606 g/mol. The van der Waals surface area contributed by atoms with Gasteiger partial charge in [-0.2, -0.15) is 23.5 Å². The van der Waals surface area contributed by atoms with E-state index in [1.807, 2.05) is 12.5 Å². The fraction of sp³-hybridized carbons (Fsp3) is 0.267. The largest absolute Gasteiger partial charge is 0.467 e. The second kappa shape index (κ2) is 14.1. The Kier molecular flexibility index (Phi) is 10.4. The Morgan fingerprint density at radius 3 is 1.43 bits per heavy atom. The van der Waals surface area contributed by atoms with Crippen molar-refractivity contribution in [3.8, 4) is 11.4 Å². The maximum Gasteiger partial charge on any atom is 0.329 e. The number of methoxy groups -OCH3 is 2. The van der Waals surface area contributed by atoms with Gasteiger partial charge in [0.2, 0.25) is 0 Å². The summed E-state index contributed by atoms with van der Waals surface area (Å²) in [5.41, 5.74) is 2.35. The first-order valence-corrected chi connectivity index (χ1v) is 15.6. The molecule has 2 aromatic heterocycles. The molecule has 0 aliphatic heterocycles. The van der Waals surface area contributed by atoms with Crippen LogP contribution in [0.4, 0.5) is 0 Å². The number of esters is 2. The number of thioether (sulfide) groups is 2. The second-order valence-electron chi connectivity index (χ2n) is 9.15. The molecule has 4 aromatic rings. The minimum absolute atomic E-state index is 0.289. The molecule has 0 bridgehead atoms. The Labute approximate surface area is 251 Å². The van der Waals surface area contributed by atoms with Crippen LogP contribution in [0.1, 0.15) is 20.7 Å². The zero-order valence-electron chi connectivity index (χ0n) is 23.5. The zero-order chi connectivity index (χ0) is 30.2. The lowest BCUT2D eigenvalue weighted by molar-refractivity contribution is -0.143. The van der Waals surface area contributed by atoms with E-state index in [2.05, 4.69) is 10.6 Å². The number of rotatable bonds is 11. The van der Waals surface area contributed by atoms with E-state index in [-0.39, 0.29) is 11.1 Å². The van der Waals surface area contributed by atoms with Crippen LogP contribution in [0.5, 0.6) is 0 Å². The Balaban J connectivity index is 1.82. The van der Waals surface area contributed by atoms with Crippen molar-refractivity contribution in [2.45, 2.75) is 12.1 Å². The summed E-state index contributed by atoms with van der Waals surface area (Å²) >= 11 is 2.81. The molecule has 10 nitrogen and oxygen atoms in total. The number of aromatic nitrogens is 2. The third-order valence-electron chi connectivity index (χ3n) is 6.43. The van der Waals surface area contributed by atoms with Gasteiger partial charge in [-0.25, -0.2) is 19.6 Å².